The van der Waals surface area contributed by atoms with Crippen LogP contribution >= 0.6 is 0 Å². The monoisotopic (exact) mass is 325 g/mol. The Morgan fingerprint density at radius 2 is 1.78 bits per heavy atom. The Kier molecular flexibility index (Phi) is 4.92. The van der Waals surface area contributed by atoms with Gasteiger partial charge >= 0.3 is 6.18 Å². The zero-order valence-electron chi connectivity index (χ0n) is 13.0. The Labute approximate surface area is 132 Å². The lowest BCUT2D eigenvalue weighted by molar-refractivity contribution is -0.137. The van der Waals surface area contributed by atoms with Crippen molar-refractivity contribution in [1.29, 1.82) is 0 Å². The molecular formula is C17H18F3NO2. The number of hydrogen-bond acceptors (Lipinski definition) is 2. The molecule has 6 heteroatoms. The van der Waals surface area contributed by atoms with Crippen molar-refractivity contribution in [2.45, 2.75) is 25.4 Å². The summed E-state index contributed by atoms with van der Waals surface area (Å²) in [6, 6.07) is 4.79. The molecule has 0 aromatic heterocycles. The molecule has 0 aliphatic heterocycles. The molecular weight excluding hydrogens is 307 g/mol. The summed E-state index contributed by atoms with van der Waals surface area (Å²) in [5, 5.41) is 0. The van der Waals surface area contributed by atoms with E-state index in [1.807, 2.05) is 0 Å². The molecule has 0 saturated heterocycles. The molecule has 1 aliphatic carbocycles. The van der Waals surface area contributed by atoms with Crippen molar-refractivity contribution >= 4 is 17.8 Å². The number of amides is 1. The topological polar surface area (TPSA) is 37.4 Å². The quantitative estimate of drug-likeness (QED) is 0.834. The Balaban J connectivity index is 2.28. The van der Waals surface area contributed by atoms with Crippen molar-refractivity contribution in [2.75, 3.05) is 14.1 Å². The highest BCUT2D eigenvalue weighted by atomic mass is 19.4. The highest BCUT2D eigenvalue weighted by Crippen LogP contribution is 2.32. The van der Waals surface area contributed by atoms with Gasteiger partial charge in [0.2, 0.25) is 5.91 Å². The van der Waals surface area contributed by atoms with Gasteiger partial charge in [-0.25, -0.2) is 0 Å². The van der Waals surface area contributed by atoms with Gasteiger partial charge in [0.1, 0.15) is 5.78 Å². The number of Topliss-reactive ketones (excluding diaryl/α,β-unsaturated/α-hetero) is 1. The van der Waals surface area contributed by atoms with Crippen molar-refractivity contribution in [3.8, 4) is 0 Å². The fourth-order valence-electron chi connectivity index (χ4n) is 2.63. The number of carbonyl (C=O) groups is 2. The molecule has 1 aromatic rings. The third-order valence-corrected chi connectivity index (χ3v) is 3.90. The fourth-order valence-corrected chi connectivity index (χ4v) is 2.63. The summed E-state index contributed by atoms with van der Waals surface area (Å²) in [6.45, 7) is 0. The summed E-state index contributed by atoms with van der Waals surface area (Å²) in [5.74, 6) is -0.639. The van der Waals surface area contributed by atoms with Crippen LogP contribution in [-0.2, 0) is 15.8 Å². The first kappa shape index (κ1) is 17.2. The zero-order chi connectivity index (χ0) is 17.2. The summed E-state index contributed by atoms with van der Waals surface area (Å²) in [5.41, 5.74) is 0.682. The van der Waals surface area contributed by atoms with Crippen LogP contribution in [0.3, 0.4) is 0 Å². The van der Waals surface area contributed by atoms with E-state index in [0.29, 0.717) is 18.4 Å². The minimum absolute atomic E-state index is 0.0368. The van der Waals surface area contributed by atoms with Crippen LogP contribution in [0, 0.1) is 5.92 Å². The molecule has 0 N–H and O–H groups in total. The Bertz CT molecular complexity index is 630. The lowest BCUT2D eigenvalue weighted by Gasteiger charge is -2.26. The van der Waals surface area contributed by atoms with Gasteiger partial charge in [0.15, 0.2) is 0 Å². The van der Waals surface area contributed by atoms with Crippen LogP contribution in [0.4, 0.5) is 13.2 Å². The van der Waals surface area contributed by atoms with Gasteiger partial charge in [-0.1, -0.05) is 23.8 Å². The van der Waals surface area contributed by atoms with E-state index in [-0.39, 0.29) is 18.1 Å². The maximum absolute atomic E-state index is 12.6. The van der Waals surface area contributed by atoms with Gasteiger partial charge in [0.05, 0.1) is 11.5 Å². The summed E-state index contributed by atoms with van der Waals surface area (Å²) in [6.07, 6.45) is -1.66. The molecule has 1 aliphatic rings. The lowest BCUT2D eigenvalue weighted by Crippen LogP contribution is -2.34. The van der Waals surface area contributed by atoms with E-state index < -0.39 is 17.7 Å². The van der Waals surface area contributed by atoms with Gasteiger partial charge in [-0.15, -0.1) is 0 Å². The number of nitrogens with zero attached hydrogens (tertiary/aromatic N) is 1. The molecule has 3 nitrogen and oxygen atoms in total. The SMILES string of the molecule is CN(C)C(=O)[C@H]1CC(=O)CC/C1=C\c1ccc(C(F)(F)F)cc1. The second kappa shape index (κ2) is 6.56. The molecule has 2 rings (SSSR count). The highest BCUT2D eigenvalue weighted by Gasteiger charge is 2.31. The van der Waals surface area contributed by atoms with Gasteiger partial charge in [0, 0.05) is 26.9 Å². The largest absolute Gasteiger partial charge is 0.416 e. The normalized spacial score (nSPS) is 20.7. The summed E-state index contributed by atoms with van der Waals surface area (Å²) >= 11 is 0. The first-order chi connectivity index (χ1) is 10.7. The Morgan fingerprint density at radius 3 is 2.30 bits per heavy atom. The van der Waals surface area contributed by atoms with Crippen LogP contribution in [0.15, 0.2) is 29.8 Å². The molecule has 1 atom stereocenters. The number of halogens is 3. The first-order valence-electron chi connectivity index (χ1n) is 7.29. The molecule has 1 fully saturated rings. The van der Waals surface area contributed by atoms with Crippen LogP contribution in [0.2, 0.25) is 0 Å². The van der Waals surface area contributed by atoms with Crippen LogP contribution < -0.4 is 0 Å². The maximum Gasteiger partial charge on any atom is 0.416 e. The number of ketones is 1. The molecule has 1 saturated carbocycles. The molecule has 0 unspecified atom stereocenters. The highest BCUT2D eigenvalue weighted by molar-refractivity contribution is 5.91. The summed E-state index contributed by atoms with van der Waals surface area (Å²) < 4.78 is 37.7. The standard InChI is InChI=1S/C17H18F3NO2/c1-21(2)16(23)15-10-14(22)8-5-12(15)9-11-3-6-13(7-4-11)17(18,19)20/h3-4,6-7,9,15H,5,8,10H2,1-2H3/b12-9+/t15-/m0/s1. The molecule has 1 amide bonds. The van der Waals surface area contributed by atoms with E-state index in [9.17, 15) is 22.8 Å². The fraction of sp³-hybridized carbons (Fsp3) is 0.412. The minimum atomic E-state index is -4.37. The van der Waals surface area contributed by atoms with E-state index >= 15 is 0 Å². The predicted molar refractivity (Wildman–Crippen MR) is 80.5 cm³/mol. The van der Waals surface area contributed by atoms with E-state index in [0.717, 1.165) is 17.7 Å². The summed E-state index contributed by atoms with van der Waals surface area (Å²) in [4.78, 5) is 25.3. The molecule has 0 bridgehead atoms. The van der Waals surface area contributed by atoms with Crippen molar-refractivity contribution in [3.05, 3.63) is 41.0 Å². The average molecular weight is 325 g/mol. The third kappa shape index (κ3) is 4.21. The molecule has 1 aromatic carbocycles. The average Bonchev–Trinajstić information content (AvgIpc) is 2.48. The summed E-state index contributed by atoms with van der Waals surface area (Å²) in [7, 11) is 3.24. The maximum atomic E-state index is 12.6. The molecule has 0 spiro atoms. The second-order valence-electron chi connectivity index (χ2n) is 5.87. The van der Waals surface area contributed by atoms with E-state index in [2.05, 4.69) is 0 Å². The number of benzene rings is 1. The number of hydrogen-bond donors (Lipinski definition) is 0. The first-order valence-corrected chi connectivity index (χ1v) is 7.29. The van der Waals surface area contributed by atoms with Gasteiger partial charge in [-0.2, -0.15) is 13.2 Å². The Morgan fingerprint density at radius 1 is 1.17 bits per heavy atom. The van der Waals surface area contributed by atoms with Crippen LogP contribution in [0.1, 0.15) is 30.4 Å². The minimum Gasteiger partial charge on any atom is -0.348 e. The Hall–Kier alpha value is -2.11. The number of rotatable bonds is 2. The van der Waals surface area contributed by atoms with E-state index in [4.69, 9.17) is 0 Å². The van der Waals surface area contributed by atoms with Gasteiger partial charge < -0.3 is 4.90 Å². The van der Waals surface area contributed by atoms with Gasteiger partial charge in [-0.3, -0.25) is 9.59 Å². The predicted octanol–water partition coefficient (Wildman–Crippen LogP) is 3.55. The van der Waals surface area contributed by atoms with Gasteiger partial charge in [-0.05, 0) is 24.1 Å². The van der Waals surface area contributed by atoms with Gasteiger partial charge in [0.25, 0.3) is 0 Å². The van der Waals surface area contributed by atoms with Crippen molar-refractivity contribution < 1.29 is 22.8 Å². The molecule has 0 radical (unpaired) electrons. The molecule has 0 heterocycles. The van der Waals surface area contributed by atoms with Crippen molar-refractivity contribution in [2.24, 2.45) is 5.92 Å². The lowest BCUT2D eigenvalue weighted by atomic mass is 9.81. The van der Waals surface area contributed by atoms with Crippen molar-refractivity contribution in [3.63, 3.8) is 0 Å². The van der Waals surface area contributed by atoms with Crippen molar-refractivity contribution in [1.82, 2.24) is 4.90 Å². The van der Waals surface area contributed by atoms with E-state index in [1.54, 1.807) is 20.2 Å². The number of alkyl halides is 3. The van der Waals surface area contributed by atoms with Crippen LogP contribution in [-0.4, -0.2) is 30.7 Å². The van der Waals surface area contributed by atoms with E-state index in [1.165, 1.54) is 17.0 Å². The van der Waals surface area contributed by atoms with Crippen LogP contribution in [0.25, 0.3) is 6.08 Å². The number of carbonyl (C=O) groups excluding carboxylic acids is 2. The molecule has 124 valence electrons. The molecule has 23 heavy (non-hydrogen) atoms. The van der Waals surface area contributed by atoms with Crippen LogP contribution in [0.5, 0.6) is 0 Å². The smallest absolute Gasteiger partial charge is 0.348 e. The zero-order valence-corrected chi connectivity index (χ0v) is 13.0. The third-order valence-electron chi connectivity index (χ3n) is 3.90. The second-order valence-corrected chi connectivity index (χ2v) is 5.87.